The summed E-state index contributed by atoms with van der Waals surface area (Å²) in [5.41, 5.74) is 2.97. The molecule has 0 bridgehead atoms. The van der Waals surface area contributed by atoms with Crippen molar-refractivity contribution in [2.75, 3.05) is 7.11 Å². The minimum Gasteiger partial charge on any atom is -0.494 e. The van der Waals surface area contributed by atoms with Gasteiger partial charge in [0.15, 0.2) is 0 Å². The lowest BCUT2D eigenvalue weighted by Crippen LogP contribution is -2.12. The third kappa shape index (κ3) is 2.30. The summed E-state index contributed by atoms with van der Waals surface area (Å²) in [4.78, 5) is 4.47. The van der Waals surface area contributed by atoms with E-state index >= 15 is 0 Å². The highest BCUT2D eigenvalue weighted by molar-refractivity contribution is 5.65. The van der Waals surface area contributed by atoms with Crippen molar-refractivity contribution in [1.29, 1.82) is 0 Å². The van der Waals surface area contributed by atoms with E-state index in [4.69, 9.17) is 4.74 Å². The van der Waals surface area contributed by atoms with E-state index in [1.807, 2.05) is 18.5 Å². The average Bonchev–Trinajstić information content (AvgIpc) is 2.80. The van der Waals surface area contributed by atoms with Gasteiger partial charge in [0.25, 0.3) is 0 Å². The van der Waals surface area contributed by atoms with Gasteiger partial charge < -0.3 is 4.74 Å². The maximum atomic E-state index is 5.40. The quantitative estimate of drug-likeness (QED) is 0.864. The van der Waals surface area contributed by atoms with Gasteiger partial charge in [0.05, 0.1) is 13.3 Å². The number of pyridine rings is 1. The summed E-state index contributed by atoms with van der Waals surface area (Å²) in [6, 6.07) is 2.04. The normalized spacial score (nSPS) is 11.5. The summed E-state index contributed by atoms with van der Waals surface area (Å²) in [5.74, 6) is 0.777. The number of methoxy groups -OCH3 is 1. The van der Waals surface area contributed by atoms with Gasteiger partial charge in [0.2, 0.25) is 0 Å². The first kappa shape index (κ1) is 11.6. The standard InChI is InChI=1S/C13H17N3O/c1-13(2,3)10-5-11(17-4)12(14-8-10)9-6-15-16-7-9/h5-8H,1-4H3,(H,15,16). The SMILES string of the molecule is COc1cc(C(C)(C)C)cnc1-c1cn[nH]c1. The van der Waals surface area contributed by atoms with Crippen molar-refractivity contribution < 1.29 is 4.74 Å². The summed E-state index contributed by atoms with van der Waals surface area (Å²) < 4.78 is 5.40. The molecule has 0 atom stereocenters. The largest absolute Gasteiger partial charge is 0.494 e. The molecule has 0 saturated carbocycles. The van der Waals surface area contributed by atoms with Crippen LogP contribution in [-0.4, -0.2) is 22.3 Å². The summed E-state index contributed by atoms with van der Waals surface area (Å²) >= 11 is 0. The summed E-state index contributed by atoms with van der Waals surface area (Å²) in [6.07, 6.45) is 5.44. The number of hydrogen-bond acceptors (Lipinski definition) is 3. The van der Waals surface area contributed by atoms with Crippen LogP contribution in [0.1, 0.15) is 26.3 Å². The van der Waals surface area contributed by atoms with Crippen LogP contribution in [-0.2, 0) is 5.41 Å². The minimum absolute atomic E-state index is 0.0647. The molecule has 0 fully saturated rings. The van der Waals surface area contributed by atoms with Crippen LogP contribution in [0.15, 0.2) is 24.7 Å². The molecule has 0 radical (unpaired) electrons. The van der Waals surface area contributed by atoms with Gasteiger partial charge in [-0.3, -0.25) is 10.1 Å². The van der Waals surface area contributed by atoms with E-state index in [2.05, 4.69) is 36.0 Å². The van der Waals surface area contributed by atoms with Gasteiger partial charge in [-0.15, -0.1) is 0 Å². The third-order valence-corrected chi connectivity index (χ3v) is 2.71. The number of nitrogens with one attached hydrogen (secondary N) is 1. The van der Waals surface area contributed by atoms with Crippen molar-refractivity contribution >= 4 is 0 Å². The Labute approximate surface area is 101 Å². The number of aromatic amines is 1. The van der Waals surface area contributed by atoms with Crippen LogP contribution in [0.4, 0.5) is 0 Å². The molecule has 0 saturated heterocycles. The molecule has 0 aromatic carbocycles. The number of nitrogens with zero attached hydrogens (tertiary/aromatic N) is 2. The number of hydrogen-bond donors (Lipinski definition) is 1. The molecule has 4 nitrogen and oxygen atoms in total. The zero-order chi connectivity index (χ0) is 12.5. The third-order valence-electron chi connectivity index (χ3n) is 2.71. The van der Waals surface area contributed by atoms with Gasteiger partial charge in [-0.1, -0.05) is 20.8 Å². The molecule has 17 heavy (non-hydrogen) atoms. The van der Waals surface area contributed by atoms with E-state index in [0.29, 0.717) is 0 Å². The maximum absolute atomic E-state index is 5.40. The Morgan fingerprint density at radius 2 is 2.00 bits per heavy atom. The van der Waals surface area contributed by atoms with Crippen LogP contribution in [0.3, 0.4) is 0 Å². The molecule has 2 aromatic rings. The molecule has 0 unspecified atom stereocenters. The number of aromatic nitrogens is 3. The maximum Gasteiger partial charge on any atom is 0.145 e. The van der Waals surface area contributed by atoms with Gasteiger partial charge in [0, 0.05) is 18.0 Å². The average molecular weight is 231 g/mol. The van der Waals surface area contributed by atoms with Gasteiger partial charge in [-0.05, 0) is 17.0 Å². The first-order chi connectivity index (χ1) is 8.02. The highest BCUT2D eigenvalue weighted by Gasteiger charge is 2.17. The first-order valence-corrected chi connectivity index (χ1v) is 5.56. The molecule has 2 aromatic heterocycles. The van der Waals surface area contributed by atoms with Crippen LogP contribution in [0.5, 0.6) is 5.75 Å². The van der Waals surface area contributed by atoms with Crippen LogP contribution in [0.2, 0.25) is 0 Å². The fourth-order valence-electron chi connectivity index (χ4n) is 1.61. The second kappa shape index (κ2) is 4.20. The van der Waals surface area contributed by atoms with Crippen molar-refractivity contribution in [1.82, 2.24) is 15.2 Å². The van der Waals surface area contributed by atoms with Crippen molar-refractivity contribution in [3.8, 4) is 17.0 Å². The Balaban J connectivity index is 2.50. The number of rotatable bonds is 2. The topological polar surface area (TPSA) is 50.8 Å². The van der Waals surface area contributed by atoms with E-state index in [9.17, 15) is 0 Å². The predicted molar refractivity (Wildman–Crippen MR) is 67.1 cm³/mol. The molecular formula is C13H17N3O. The molecule has 4 heteroatoms. The Kier molecular flexibility index (Phi) is 2.88. The molecule has 0 amide bonds. The van der Waals surface area contributed by atoms with Crippen LogP contribution in [0.25, 0.3) is 11.3 Å². The highest BCUT2D eigenvalue weighted by Crippen LogP contribution is 2.31. The van der Waals surface area contributed by atoms with Gasteiger partial charge in [-0.2, -0.15) is 5.10 Å². The lowest BCUT2D eigenvalue weighted by atomic mass is 9.88. The fraction of sp³-hybridized carbons (Fsp3) is 0.385. The van der Waals surface area contributed by atoms with Gasteiger partial charge in [-0.25, -0.2) is 0 Å². The second-order valence-electron chi connectivity index (χ2n) is 5.01. The fourth-order valence-corrected chi connectivity index (χ4v) is 1.61. The molecular weight excluding hydrogens is 214 g/mol. The van der Waals surface area contributed by atoms with Crippen LogP contribution >= 0.6 is 0 Å². The molecule has 0 aliphatic carbocycles. The zero-order valence-electron chi connectivity index (χ0n) is 10.6. The Morgan fingerprint density at radius 1 is 1.24 bits per heavy atom. The monoisotopic (exact) mass is 231 g/mol. The van der Waals surface area contributed by atoms with Crippen molar-refractivity contribution in [2.45, 2.75) is 26.2 Å². The lowest BCUT2D eigenvalue weighted by Gasteiger charge is -2.20. The summed E-state index contributed by atoms with van der Waals surface area (Å²) in [7, 11) is 1.66. The second-order valence-corrected chi connectivity index (χ2v) is 5.01. The molecule has 2 heterocycles. The molecule has 2 rings (SSSR count). The number of ether oxygens (including phenoxy) is 1. The van der Waals surface area contributed by atoms with Crippen LogP contribution < -0.4 is 4.74 Å². The van der Waals surface area contributed by atoms with Crippen molar-refractivity contribution in [2.24, 2.45) is 0 Å². The van der Waals surface area contributed by atoms with E-state index in [-0.39, 0.29) is 5.41 Å². The molecule has 0 aliphatic rings. The molecule has 0 aliphatic heterocycles. The Morgan fingerprint density at radius 3 is 2.53 bits per heavy atom. The molecule has 90 valence electrons. The summed E-state index contributed by atoms with van der Waals surface area (Å²) in [5, 5.41) is 6.70. The molecule has 0 spiro atoms. The minimum atomic E-state index is 0.0647. The van der Waals surface area contributed by atoms with Crippen molar-refractivity contribution in [3.05, 3.63) is 30.2 Å². The smallest absolute Gasteiger partial charge is 0.145 e. The Bertz CT molecular complexity index is 498. The van der Waals surface area contributed by atoms with E-state index in [1.165, 1.54) is 0 Å². The van der Waals surface area contributed by atoms with E-state index < -0.39 is 0 Å². The number of H-pyrrole nitrogens is 1. The van der Waals surface area contributed by atoms with Crippen molar-refractivity contribution in [3.63, 3.8) is 0 Å². The van der Waals surface area contributed by atoms with E-state index in [1.54, 1.807) is 13.3 Å². The van der Waals surface area contributed by atoms with Gasteiger partial charge >= 0.3 is 0 Å². The highest BCUT2D eigenvalue weighted by atomic mass is 16.5. The molecule has 1 N–H and O–H groups in total. The predicted octanol–water partition coefficient (Wildman–Crippen LogP) is 2.78. The Hall–Kier alpha value is -1.84. The lowest BCUT2D eigenvalue weighted by molar-refractivity contribution is 0.412. The van der Waals surface area contributed by atoms with E-state index in [0.717, 1.165) is 22.6 Å². The van der Waals surface area contributed by atoms with Crippen LogP contribution in [0, 0.1) is 0 Å². The summed E-state index contributed by atoms with van der Waals surface area (Å²) in [6.45, 7) is 6.46. The zero-order valence-corrected chi connectivity index (χ0v) is 10.6. The van der Waals surface area contributed by atoms with Gasteiger partial charge in [0.1, 0.15) is 11.4 Å². The first-order valence-electron chi connectivity index (χ1n) is 5.56.